The number of aryl methyl sites for hydroxylation is 1. The summed E-state index contributed by atoms with van der Waals surface area (Å²) in [6.07, 6.45) is -1.73. The van der Waals surface area contributed by atoms with Gasteiger partial charge in [-0.1, -0.05) is 6.07 Å². The number of aromatic carboxylic acids is 1. The molecule has 10 N–H and O–H groups in total. The number of ether oxygens (including phenoxy) is 1. The minimum Gasteiger partial charge on any atom is -0.508 e. The average Bonchev–Trinajstić information content (AvgIpc) is 3.54. The summed E-state index contributed by atoms with van der Waals surface area (Å²) in [5.74, 6) is -2.10. The molecule has 0 radical (unpaired) electrons. The number of H-pyrrole nitrogens is 1. The Morgan fingerprint density at radius 2 is 1.69 bits per heavy atom. The fraction of sp³-hybridized carbons (Fsp3) is 0.212. The van der Waals surface area contributed by atoms with Gasteiger partial charge in [0.25, 0.3) is 5.56 Å². The van der Waals surface area contributed by atoms with Crippen molar-refractivity contribution in [3.05, 3.63) is 103 Å². The number of carbonyl (C=O) groups excluding carboxylic acids is 1. The lowest BCUT2D eigenvalue weighted by Crippen LogP contribution is -2.47. The summed E-state index contributed by atoms with van der Waals surface area (Å²) in [4.78, 5) is 101. The average molecular weight is 928 g/mol. The van der Waals surface area contributed by atoms with E-state index in [1.807, 2.05) is 0 Å². The Hall–Kier alpha value is -5.39. The number of phenolic OH excluding ortho intramolecular Hbond substituents is 1. The summed E-state index contributed by atoms with van der Waals surface area (Å²) >= 11 is 5.32. The fourth-order valence-electron chi connectivity index (χ4n) is 6.24. The normalized spacial score (nSPS) is 18.6. The van der Waals surface area contributed by atoms with Crippen LogP contribution in [-0.2, 0) is 36.4 Å². The number of aromatic nitrogens is 2. The van der Waals surface area contributed by atoms with Crippen molar-refractivity contribution in [2.45, 2.75) is 31.7 Å². The molecule has 0 saturated carbocycles. The van der Waals surface area contributed by atoms with Crippen LogP contribution < -0.4 is 32.6 Å². The smallest absolute Gasteiger partial charge is 0.490 e. The molecule has 3 aromatic rings. The van der Waals surface area contributed by atoms with E-state index < -0.39 is 78.1 Å². The maximum Gasteiger partial charge on any atom is 0.490 e. The van der Waals surface area contributed by atoms with E-state index in [0.717, 1.165) is 10.8 Å². The van der Waals surface area contributed by atoms with Gasteiger partial charge in [0.05, 0.1) is 24.8 Å². The molecule has 1 aliphatic carbocycles. The highest BCUT2D eigenvalue weighted by molar-refractivity contribution is 7.80. The third-order valence-corrected chi connectivity index (χ3v) is 12.8. The van der Waals surface area contributed by atoms with E-state index >= 15 is 0 Å². The van der Waals surface area contributed by atoms with E-state index in [1.54, 1.807) is 0 Å². The van der Waals surface area contributed by atoms with E-state index in [9.17, 15) is 57.7 Å². The number of rotatable bonds is 14. The number of hydrogen-bond acceptors (Lipinski definition) is 15. The Labute approximate surface area is 345 Å². The van der Waals surface area contributed by atoms with Crippen LogP contribution in [0.15, 0.2) is 79.6 Å². The summed E-state index contributed by atoms with van der Waals surface area (Å²) in [6, 6.07) is 11.4. The maximum absolute atomic E-state index is 13.2. The first-order valence-corrected chi connectivity index (χ1v) is 22.1. The Morgan fingerprint density at radius 1 is 0.967 bits per heavy atom. The highest BCUT2D eigenvalue weighted by Gasteiger charge is 2.43. The lowest BCUT2D eigenvalue weighted by atomic mass is 9.90. The third kappa shape index (κ3) is 11.1. The van der Waals surface area contributed by atoms with Gasteiger partial charge in [0.2, 0.25) is 5.91 Å². The van der Waals surface area contributed by atoms with Crippen LogP contribution in [0.5, 0.6) is 5.75 Å². The molecule has 3 aliphatic rings. The minimum atomic E-state index is -5.87. The summed E-state index contributed by atoms with van der Waals surface area (Å²) < 4.78 is 59.9. The molecule has 3 heterocycles. The number of phosphoric ester groups is 1. The number of amides is 1. The zero-order valence-electron chi connectivity index (χ0n) is 30.8. The molecule has 2 unspecified atom stereocenters. The number of nitrogens with one attached hydrogen (secondary N) is 4. The van der Waals surface area contributed by atoms with Crippen LogP contribution in [0.25, 0.3) is 33.4 Å². The number of aromatic hydroxyl groups is 1. The molecule has 24 nitrogen and oxygen atoms in total. The van der Waals surface area contributed by atoms with Crippen molar-refractivity contribution < 1.29 is 75.4 Å². The largest absolute Gasteiger partial charge is 0.508 e. The van der Waals surface area contributed by atoms with Gasteiger partial charge in [0.15, 0.2) is 10.5 Å². The van der Waals surface area contributed by atoms with Crippen molar-refractivity contribution in [3.8, 4) is 28.2 Å². The molecule has 0 bridgehead atoms. The number of anilines is 1. The first kappa shape index (κ1) is 45.1. The van der Waals surface area contributed by atoms with Crippen molar-refractivity contribution in [2.24, 2.45) is 0 Å². The molecule has 0 spiro atoms. The first-order chi connectivity index (χ1) is 28.5. The van der Waals surface area contributed by atoms with Gasteiger partial charge >= 0.3 is 35.1 Å². The summed E-state index contributed by atoms with van der Waals surface area (Å²) in [5, 5.41) is 28.6. The zero-order chi connectivity index (χ0) is 44.6. The van der Waals surface area contributed by atoms with Crippen molar-refractivity contribution in [3.63, 3.8) is 0 Å². The monoisotopic (exact) mass is 927 g/mol. The van der Waals surface area contributed by atoms with Crippen LogP contribution in [0.1, 0.15) is 28.6 Å². The molecule has 6 rings (SSSR count). The van der Waals surface area contributed by atoms with E-state index in [-0.39, 0.29) is 56.4 Å². The molecule has 2 aliphatic heterocycles. The number of aromatic amines is 1. The summed E-state index contributed by atoms with van der Waals surface area (Å²) in [7, 11) is -17.2. The molecule has 1 saturated heterocycles. The number of nitrogens with zero attached hydrogens (tertiary/aromatic N) is 1. The molecule has 5 atom stereocenters. The number of phenols is 1. The van der Waals surface area contributed by atoms with Gasteiger partial charge in [-0.15, -0.1) is 0 Å². The van der Waals surface area contributed by atoms with Gasteiger partial charge in [-0.25, -0.2) is 23.3 Å². The second kappa shape index (κ2) is 17.5. The predicted octanol–water partition coefficient (Wildman–Crippen LogP) is 2.23. The van der Waals surface area contributed by atoms with Crippen molar-refractivity contribution in [1.82, 2.24) is 20.2 Å². The van der Waals surface area contributed by atoms with Gasteiger partial charge in [-0.2, -0.15) is 8.62 Å². The molecule has 1 fully saturated rings. The number of carboxylic acid groups (broad SMARTS) is 1. The molecule has 2 aromatic carbocycles. The molecule has 1 aromatic heterocycles. The first-order valence-electron chi connectivity index (χ1n) is 17.1. The predicted molar refractivity (Wildman–Crippen MR) is 214 cm³/mol. The standard InChI is InChI=1S/C33H32N5O19P3S/c1-15-13-38(33(45)37-30(15)42)28-11-23(26(55-28)14-53-59(49,50)57-60(51,52)56-58(46,47)48)36-27(41)12-34-32(61)35-16-2-5-19(22(8-16)31(43)44)29-20-6-3-17(39)9-24(20)54-25-10-18(40)4-7-21(25)29/h2-10,13,23,26,28,39H,11-12,14H2,1H3,(H,36,41)(H,43,44)(H,49,50)(H,51,52)(H2,34,35,61)(H,37,42,45)(H2,46,47,48)/t23-,26+,28+/m0/s1. The lowest BCUT2D eigenvalue weighted by molar-refractivity contribution is -0.121. The van der Waals surface area contributed by atoms with Gasteiger partial charge in [-0.05, 0) is 61.1 Å². The third-order valence-electron chi connectivity index (χ3n) is 8.72. The van der Waals surface area contributed by atoms with Crippen molar-refractivity contribution in [2.75, 3.05) is 18.5 Å². The molecule has 61 heavy (non-hydrogen) atoms. The van der Waals surface area contributed by atoms with Crippen LogP contribution in [0.2, 0.25) is 0 Å². The summed E-state index contributed by atoms with van der Waals surface area (Å²) in [6.45, 7) is -0.156. The molecular formula is C33H32N5O19P3S. The fourth-order valence-corrected chi connectivity index (χ4v) is 9.46. The van der Waals surface area contributed by atoms with Gasteiger partial charge in [0.1, 0.15) is 29.4 Å². The van der Waals surface area contributed by atoms with Crippen LogP contribution in [-0.4, -0.2) is 81.6 Å². The Kier molecular flexibility index (Phi) is 13.0. The number of fused-ring (bicyclic) bond motifs is 2. The van der Waals surface area contributed by atoms with Gasteiger partial charge < -0.3 is 54.9 Å². The van der Waals surface area contributed by atoms with Crippen molar-refractivity contribution >= 4 is 69.3 Å². The Morgan fingerprint density at radius 3 is 2.39 bits per heavy atom. The number of benzene rings is 3. The highest BCUT2D eigenvalue weighted by atomic mass is 32.1. The van der Waals surface area contributed by atoms with Crippen LogP contribution in [0.3, 0.4) is 0 Å². The zero-order valence-corrected chi connectivity index (χ0v) is 34.3. The van der Waals surface area contributed by atoms with Gasteiger partial charge in [-0.3, -0.25) is 28.5 Å². The highest BCUT2D eigenvalue weighted by Crippen LogP contribution is 2.66. The number of carboxylic acids is 1. The number of carbonyl (C=O) groups is 2. The lowest BCUT2D eigenvalue weighted by Gasteiger charge is -2.22. The Bertz CT molecular complexity index is 2880. The van der Waals surface area contributed by atoms with E-state index in [2.05, 4.69) is 29.6 Å². The number of thiocarbonyl (C=S) groups is 1. The topological polar surface area (TPSA) is 365 Å². The van der Waals surface area contributed by atoms with Crippen LogP contribution >= 0.6 is 35.7 Å². The number of hydrogen-bond donors (Lipinski definition) is 10. The van der Waals surface area contributed by atoms with Crippen molar-refractivity contribution in [1.29, 1.82) is 0 Å². The van der Waals surface area contributed by atoms with E-state index in [4.69, 9.17) is 35.7 Å². The van der Waals surface area contributed by atoms with Crippen LogP contribution in [0, 0.1) is 6.92 Å². The van der Waals surface area contributed by atoms with E-state index in [1.165, 1.54) is 61.5 Å². The molecular weight excluding hydrogens is 895 g/mol. The molecule has 1 amide bonds. The Balaban J connectivity index is 1.16. The molecule has 28 heteroatoms. The summed E-state index contributed by atoms with van der Waals surface area (Å²) in [5.41, 5.74) is -0.691. The number of phosphoric acid groups is 3. The second-order valence-electron chi connectivity index (χ2n) is 13.1. The van der Waals surface area contributed by atoms with Crippen LogP contribution in [0.4, 0.5) is 5.69 Å². The quantitative estimate of drug-likeness (QED) is 0.0433. The minimum absolute atomic E-state index is 0.0916. The second-order valence-corrected chi connectivity index (χ2v) is 17.9. The maximum atomic E-state index is 13.2. The molecule has 324 valence electrons. The van der Waals surface area contributed by atoms with Gasteiger partial charge in [0, 0.05) is 52.5 Å². The SMILES string of the molecule is Cc1cn([C@H]2C[C@H](NC(=O)CNC(=S)Nc3ccc(-c4c5ccc(=O)cc-5oc5cc(O)ccc45)c(C(=O)O)c3)[C@@H](COP(=O)(O)OP(=O)(O)OP(=O)(O)O)O2)c(=O)[nH]c1=O. The van der Waals surface area contributed by atoms with E-state index in [0.29, 0.717) is 16.5 Å².